The third kappa shape index (κ3) is 1.94. The fraction of sp³-hybridized carbons (Fsp3) is 0.562. The first-order valence-corrected chi connectivity index (χ1v) is 6.98. The van der Waals surface area contributed by atoms with Crippen molar-refractivity contribution in [1.82, 2.24) is 0 Å². The number of carbonyl (C=O) groups is 1. The first kappa shape index (κ1) is 11.8. The van der Waals surface area contributed by atoms with Crippen LogP contribution in [0.4, 0.5) is 0 Å². The molecule has 2 nitrogen and oxygen atoms in total. The number of aryl methyl sites for hydroxylation is 1. The minimum absolute atomic E-state index is 0.299. The van der Waals surface area contributed by atoms with E-state index in [0.717, 1.165) is 61.2 Å². The van der Waals surface area contributed by atoms with Crippen LogP contribution in [0.2, 0.25) is 0 Å². The Hall–Kier alpha value is -1.31. The van der Waals surface area contributed by atoms with Gasteiger partial charge in [-0.05, 0) is 68.7 Å². The van der Waals surface area contributed by atoms with Gasteiger partial charge in [0.05, 0.1) is 6.61 Å². The Morgan fingerprint density at radius 3 is 2.78 bits per heavy atom. The molecule has 0 unspecified atom stereocenters. The highest BCUT2D eigenvalue weighted by molar-refractivity contribution is 6.01. The average Bonchev–Trinajstić information content (AvgIpc) is 3.17. The van der Waals surface area contributed by atoms with E-state index in [1.54, 1.807) is 0 Å². The number of rotatable bonds is 2. The molecule has 2 aliphatic rings. The Morgan fingerprint density at radius 1 is 1.28 bits per heavy atom. The minimum Gasteiger partial charge on any atom is -0.493 e. The molecule has 0 radical (unpaired) electrons. The highest BCUT2D eigenvalue weighted by atomic mass is 16.5. The summed E-state index contributed by atoms with van der Waals surface area (Å²) in [4.78, 5) is 12.3. The molecule has 0 spiro atoms. The highest BCUT2D eigenvalue weighted by Crippen LogP contribution is 2.38. The first-order valence-electron chi connectivity index (χ1n) is 6.98. The SMILES string of the molecule is Cc1cc(C(=O)C2CC2)c(C)c2c1OCCCC2. The zero-order valence-corrected chi connectivity index (χ0v) is 11.2. The Kier molecular flexibility index (Phi) is 2.89. The molecule has 1 aliphatic heterocycles. The van der Waals surface area contributed by atoms with E-state index in [0.29, 0.717) is 11.7 Å². The summed E-state index contributed by atoms with van der Waals surface area (Å²) >= 11 is 0. The maximum Gasteiger partial charge on any atom is 0.166 e. The molecule has 0 bridgehead atoms. The van der Waals surface area contributed by atoms with E-state index in [2.05, 4.69) is 13.8 Å². The van der Waals surface area contributed by atoms with Gasteiger partial charge in [0.1, 0.15) is 5.75 Å². The van der Waals surface area contributed by atoms with Crippen LogP contribution >= 0.6 is 0 Å². The van der Waals surface area contributed by atoms with Crippen LogP contribution in [0.1, 0.15) is 52.7 Å². The molecule has 18 heavy (non-hydrogen) atoms. The number of carbonyl (C=O) groups excluding carboxylic acids is 1. The van der Waals surface area contributed by atoms with E-state index < -0.39 is 0 Å². The number of hydrogen-bond donors (Lipinski definition) is 0. The van der Waals surface area contributed by atoms with Gasteiger partial charge in [0.25, 0.3) is 0 Å². The summed E-state index contributed by atoms with van der Waals surface area (Å²) in [6, 6.07) is 2.04. The maximum absolute atomic E-state index is 12.3. The van der Waals surface area contributed by atoms with Crippen molar-refractivity contribution < 1.29 is 9.53 Å². The van der Waals surface area contributed by atoms with Gasteiger partial charge in [0.15, 0.2) is 5.78 Å². The first-order chi connectivity index (χ1) is 8.68. The zero-order valence-electron chi connectivity index (χ0n) is 11.2. The average molecular weight is 244 g/mol. The molecule has 3 rings (SSSR count). The second-order valence-corrected chi connectivity index (χ2v) is 5.62. The quantitative estimate of drug-likeness (QED) is 0.743. The van der Waals surface area contributed by atoms with Gasteiger partial charge in [0, 0.05) is 11.5 Å². The zero-order chi connectivity index (χ0) is 12.7. The normalized spacial score (nSPS) is 18.8. The van der Waals surface area contributed by atoms with Crippen LogP contribution in [0.5, 0.6) is 5.75 Å². The number of ketones is 1. The monoisotopic (exact) mass is 244 g/mol. The van der Waals surface area contributed by atoms with Gasteiger partial charge in [-0.3, -0.25) is 4.79 Å². The minimum atomic E-state index is 0.299. The molecule has 1 aromatic rings. The molecular formula is C16H20O2. The van der Waals surface area contributed by atoms with Crippen molar-refractivity contribution in [3.63, 3.8) is 0 Å². The summed E-state index contributed by atoms with van der Waals surface area (Å²) < 4.78 is 5.86. The molecule has 0 atom stereocenters. The standard InChI is InChI=1S/C16H20O2/c1-10-9-14(15(17)12-6-7-12)11(2)13-5-3-4-8-18-16(10)13/h9,12H,3-8H2,1-2H3. The third-order valence-electron chi connectivity index (χ3n) is 4.13. The fourth-order valence-electron chi connectivity index (χ4n) is 2.86. The molecule has 0 saturated heterocycles. The lowest BCUT2D eigenvalue weighted by atomic mass is 9.91. The van der Waals surface area contributed by atoms with E-state index >= 15 is 0 Å². The molecule has 1 saturated carbocycles. The Labute approximate surface area is 108 Å². The molecule has 0 amide bonds. The maximum atomic E-state index is 12.3. The van der Waals surface area contributed by atoms with Gasteiger partial charge in [-0.25, -0.2) is 0 Å². The largest absolute Gasteiger partial charge is 0.493 e. The van der Waals surface area contributed by atoms with E-state index in [4.69, 9.17) is 4.74 Å². The predicted octanol–water partition coefficient (Wildman–Crippen LogP) is 3.61. The van der Waals surface area contributed by atoms with Gasteiger partial charge in [-0.2, -0.15) is 0 Å². The molecule has 1 fully saturated rings. The highest BCUT2D eigenvalue weighted by Gasteiger charge is 2.32. The smallest absolute Gasteiger partial charge is 0.166 e. The van der Waals surface area contributed by atoms with Gasteiger partial charge in [0.2, 0.25) is 0 Å². The third-order valence-corrected chi connectivity index (χ3v) is 4.13. The van der Waals surface area contributed by atoms with Crippen LogP contribution in [-0.4, -0.2) is 12.4 Å². The van der Waals surface area contributed by atoms with Crippen LogP contribution in [0.25, 0.3) is 0 Å². The van der Waals surface area contributed by atoms with E-state index in [1.165, 1.54) is 5.56 Å². The van der Waals surface area contributed by atoms with Crippen molar-refractivity contribution in [1.29, 1.82) is 0 Å². The van der Waals surface area contributed by atoms with Gasteiger partial charge in [-0.15, -0.1) is 0 Å². The van der Waals surface area contributed by atoms with E-state index in [9.17, 15) is 4.79 Å². The lowest BCUT2D eigenvalue weighted by molar-refractivity contribution is 0.0967. The molecule has 96 valence electrons. The number of hydrogen-bond acceptors (Lipinski definition) is 2. The Balaban J connectivity index is 2.08. The summed E-state index contributed by atoms with van der Waals surface area (Å²) in [5.41, 5.74) is 4.51. The van der Waals surface area contributed by atoms with Crippen molar-refractivity contribution in [2.24, 2.45) is 5.92 Å². The fourth-order valence-corrected chi connectivity index (χ4v) is 2.86. The number of ether oxygens (including phenoxy) is 1. The Morgan fingerprint density at radius 2 is 2.06 bits per heavy atom. The summed E-state index contributed by atoms with van der Waals surface area (Å²) in [6.45, 7) is 4.96. The van der Waals surface area contributed by atoms with E-state index in [1.807, 2.05) is 6.07 Å². The summed E-state index contributed by atoms with van der Waals surface area (Å²) in [6.07, 6.45) is 5.47. The topological polar surface area (TPSA) is 26.3 Å². The number of benzene rings is 1. The lowest BCUT2D eigenvalue weighted by Gasteiger charge is -2.16. The second-order valence-electron chi connectivity index (χ2n) is 5.62. The molecule has 0 N–H and O–H groups in total. The van der Waals surface area contributed by atoms with Crippen molar-refractivity contribution >= 4 is 5.78 Å². The van der Waals surface area contributed by atoms with Crippen molar-refractivity contribution in [3.05, 3.63) is 28.3 Å². The summed E-state index contributed by atoms with van der Waals surface area (Å²) in [5, 5.41) is 0. The van der Waals surface area contributed by atoms with E-state index in [-0.39, 0.29) is 0 Å². The van der Waals surface area contributed by atoms with Crippen molar-refractivity contribution in [3.8, 4) is 5.75 Å². The van der Waals surface area contributed by atoms with Crippen LogP contribution in [0.3, 0.4) is 0 Å². The molecule has 1 aliphatic carbocycles. The van der Waals surface area contributed by atoms with Gasteiger partial charge >= 0.3 is 0 Å². The molecular weight excluding hydrogens is 224 g/mol. The summed E-state index contributed by atoms with van der Waals surface area (Å²) in [7, 11) is 0. The van der Waals surface area contributed by atoms with Gasteiger partial charge < -0.3 is 4.74 Å². The number of fused-ring (bicyclic) bond motifs is 1. The van der Waals surface area contributed by atoms with Crippen LogP contribution in [0.15, 0.2) is 6.07 Å². The van der Waals surface area contributed by atoms with Crippen LogP contribution in [0, 0.1) is 19.8 Å². The van der Waals surface area contributed by atoms with Crippen molar-refractivity contribution in [2.45, 2.75) is 46.0 Å². The van der Waals surface area contributed by atoms with Crippen LogP contribution < -0.4 is 4.74 Å². The predicted molar refractivity (Wildman–Crippen MR) is 71.4 cm³/mol. The summed E-state index contributed by atoms with van der Waals surface area (Å²) in [5.74, 6) is 1.69. The molecule has 2 heteroatoms. The molecule has 1 heterocycles. The van der Waals surface area contributed by atoms with Gasteiger partial charge in [-0.1, -0.05) is 0 Å². The second kappa shape index (κ2) is 4.42. The lowest BCUT2D eigenvalue weighted by Crippen LogP contribution is -2.08. The van der Waals surface area contributed by atoms with Crippen molar-refractivity contribution in [2.75, 3.05) is 6.61 Å². The Bertz CT molecular complexity index is 498. The molecule has 1 aromatic carbocycles. The van der Waals surface area contributed by atoms with Crippen LogP contribution in [-0.2, 0) is 6.42 Å². The molecule has 0 aromatic heterocycles. The number of Topliss-reactive ketones (excluding diaryl/α,β-unsaturated/α-hetero) is 1.